The van der Waals surface area contributed by atoms with Crippen LogP contribution in [0.4, 0.5) is 0 Å². The lowest BCUT2D eigenvalue weighted by Crippen LogP contribution is -2.36. The highest BCUT2D eigenvalue weighted by Crippen LogP contribution is 2.47. The van der Waals surface area contributed by atoms with E-state index in [9.17, 15) is 0 Å². The van der Waals surface area contributed by atoms with E-state index >= 15 is 0 Å². The zero-order valence-electron chi connectivity index (χ0n) is 19.2. The van der Waals surface area contributed by atoms with E-state index in [0.717, 1.165) is 55.3 Å². The fourth-order valence-corrected chi connectivity index (χ4v) is 4.84. The van der Waals surface area contributed by atoms with E-state index in [1.807, 2.05) is 12.1 Å². The summed E-state index contributed by atoms with van der Waals surface area (Å²) < 4.78 is 12.1. The largest absolute Gasteiger partial charge is 0.455 e. The highest BCUT2D eigenvalue weighted by Gasteiger charge is 2.31. The number of ether oxygens (including phenoxy) is 2. The fourth-order valence-electron chi connectivity index (χ4n) is 4.51. The molecule has 0 radical (unpaired) electrons. The van der Waals surface area contributed by atoms with Gasteiger partial charge < -0.3 is 9.47 Å². The van der Waals surface area contributed by atoms with Gasteiger partial charge in [0.15, 0.2) is 5.76 Å². The summed E-state index contributed by atoms with van der Waals surface area (Å²) in [6.45, 7) is 6.31. The van der Waals surface area contributed by atoms with Gasteiger partial charge in [0, 0.05) is 36.7 Å². The lowest BCUT2D eigenvalue weighted by Gasteiger charge is -2.27. The predicted octanol–water partition coefficient (Wildman–Crippen LogP) is 6.81. The molecule has 3 aromatic carbocycles. The molecule has 3 aromatic rings. The Morgan fingerprint density at radius 3 is 2.32 bits per heavy atom. The minimum atomic E-state index is -0.0149. The third-order valence-electron chi connectivity index (χ3n) is 6.33. The van der Waals surface area contributed by atoms with Crippen molar-refractivity contribution in [3.05, 3.63) is 118 Å². The van der Waals surface area contributed by atoms with E-state index in [4.69, 9.17) is 21.1 Å². The van der Waals surface area contributed by atoms with Gasteiger partial charge >= 0.3 is 0 Å². The van der Waals surface area contributed by atoms with Crippen LogP contribution in [-0.2, 0) is 4.74 Å². The first-order valence-corrected chi connectivity index (χ1v) is 11.9. The number of morpholine rings is 1. The van der Waals surface area contributed by atoms with Crippen LogP contribution in [0, 0.1) is 6.92 Å². The molecule has 2 heterocycles. The molecule has 1 unspecified atom stereocenters. The average molecular weight is 494 g/mol. The second kappa shape index (κ2) is 11.2. The number of hydrogen-bond donors (Lipinski definition) is 0. The molecule has 2 aliphatic heterocycles. The molecule has 5 rings (SSSR count). The predicted molar refractivity (Wildman–Crippen MR) is 142 cm³/mol. The Hall–Kier alpha value is -2.56. The Morgan fingerprint density at radius 2 is 1.59 bits per heavy atom. The van der Waals surface area contributed by atoms with Gasteiger partial charge in [-0.2, -0.15) is 0 Å². The Balaban J connectivity index is 0.00000274. The van der Waals surface area contributed by atoms with Gasteiger partial charge in [0.25, 0.3) is 0 Å². The molecule has 0 bridgehead atoms. The van der Waals surface area contributed by atoms with E-state index in [1.54, 1.807) is 0 Å². The van der Waals surface area contributed by atoms with Gasteiger partial charge in [-0.3, -0.25) is 4.90 Å². The minimum Gasteiger partial charge on any atom is -0.455 e. The lowest BCUT2D eigenvalue weighted by atomic mass is 9.84. The van der Waals surface area contributed by atoms with Crippen molar-refractivity contribution in [2.45, 2.75) is 12.8 Å². The molecular formula is C29H29Cl2NO2. The molecule has 34 heavy (non-hydrogen) atoms. The van der Waals surface area contributed by atoms with Crippen LogP contribution in [0.15, 0.2) is 95.5 Å². The summed E-state index contributed by atoms with van der Waals surface area (Å²) in [5.74, 6) is 1.53. The number of para-hydroxylation sites is 1. The first-order chi connectivity index (χ1) is 16.2. The van der Waals surface area contributed by atoms with E-state index in [2.05, 4.69) is 84.6 Å². The molecule has 176 valence electrons. The molecule has 1 fully saturated rings. The molecule has 0 spiro atoms. The van der Waals surface area contributed by atoms with Gasteiger partial charge in [0.05, 0.1) is 18.2 Å². The molecule has 3 nitrogen and oxygen atoms in total. The standard InChI is InChI=1S/C29H28ClNO2.ClH/c1-21-11-13-23(14-12-21)29-28(30)25(15-16-31-17-19-32-20-18-31)27(22-7-3-2-4-8-22)24-9-5-6-10-26(24)33-29;/h2-15,27H,16-20H2,1H3;1H/b25-15-;. The number of fused-ring (bicyclic) bond motifs is 1. The maximum absolute atomic E-state index is 7.22. The second-order valence-corrected chi connectivity index (χ2v) is 8.94. The number of benzene rings is 3. The quantitative estimate of drug-likeness (QED) is 0.398. The van der Waals surface area contributed by atoms with Gasteiger partial charge in [-0.15, -0.1) is 12.4 Å². The van der Waals surface area contributed by atoms with Crippen LogP contribution in [0.1, 0.15) is 28.2 Å². The number of aryl methyl sites for hydroxylation is 1. The maximum atomic E-state index is 7.22. The molecular weight excluding hydrogens is 465 g/mol. The van der Waals surface area contributed by atoms with Crippen LogP contribution in [0.2, 0.25) is 0 Å². The number of halogens is 2. The average Bonchev–Trinajstić information content (AvgIpc) is 2.99. The minimum absolute atomic E-state index is 0. The topological polar surface area (TPSA) is 21.7 Å². The van der Waals surface area contributed by atoms with Gasteiger partial charge in [0.2, 0.25) is 0 Å². The van der Waals surface area contributed by atoms with Crippen molar-refractivity contribution >= 4 is 29.8 Å². The molecule has 1 atom stereocenters. The highest BCUT2D eigenvalue weighted by atomic mass is 35.5. The summed E-state index contributed by atoms with van der Waals surface area (Å²) in [5, 5.41) is 0.664. The van der Waals surface area contributed by atoms with Crippen molar-refractivity contribution in [2.24, 2.45) is 0 Å². The summed E-state index contributed by atoms with van der Waals surface area (Å²) in [6.07, 6.45) is 2.28. The van der Waals surface area contributed by atoms with Crippen LogP contribution >= 0.6 is 24.0 Å². The van der Waals surface area contributed by atoms with Crippen molar-refractivity contribution in [3.8, 4) is 5.75 Å². The molecule has 0 saturated carbocycles. The zero-order chi connectivity index (χ0) is 22.6. The highest BCUT2D eigenvalue weighted by molar-refractivity contribution is 6.35. The Kier molecular flexibility index (Phi) is 8.12. The first-order valence-electron chi connectivity index (χ1n) is 11.5. The summed E-state index contributed by atoms with van der Waals surface area (Å²) in [5.41, 5.74) is 5.58. The number of nitrogens with zero attached hydrogens (tertiary/aromatic N) is 1. The van der Waals surface area contributed by atoms with Crippen LogP contribution in [0.5, 0.6) is 5.75 Å². The second-order valence-electron chi connectivity index (χ2n) is 8.57. The van der Waals surface area contributed by atoms with Gasteiger partial charge in [-0.05, 0) is 24.1 Å². The molecule has 5 heteroatoms. The van der Waals surface area contributed by atoms with Crippen molar-refractivity contribution in [2.75, 3.05) is 32.8 Å². The zero-order valence-corrected chi connectivity index (χ0v) is 20.8. The third-order valence-corrected chi connectivity index (χ3v) is 6.72. The van der Waals surface area contributed by atoms with E-state index in [-0.39, 0.29) is 18.3 Å². The van der Waals surface area contributed by atoms with Crippen molar-refractivity contribution < 1.29 is 9.47 Å². The summed E-state index contributed by atoms with van der Waals surface area (Å²) in [4.78, 5) is 2.41. The van der Waals surface area contributed by atoms with E-state index in [0.29, 0.717) is 10.8 Å². The lowest BCUT2D eigenvalue weighted by molar-refractivity contribution is 0.0433. The molecule has 0 amide bonds. The molecule has 0 aromatic heterocycles. The summed E-state index contributed by atoms with van der Waals surface area (Å²) >= 11 is 7.22. The van der Waals surface area contributed by atoms with Crippen LogP contribution in [0.25, 0.3) is 5.76 Å². The number of allylic oxidation sites excluding steroid dienone is 2. The van der Waals surface area contributed by atoms with Crippen molar-refractivity contribution in [1.29, 1.82) is 0 Å². The smallest absolute Gasteiger partial charge is 0.153 e. The van der Waals surface area contributed by atoms with Crippen LogP contribution in [-0.4, -0.2) is 37.7 Å². The number of rotatable bonds is 4. The normalized spacial score (nSPS) is 19.7. The Labute approximate surface area is 213 Å². The molecule has 0 aliphatic carbocycles. The van der Waals surface area contributed by atoms with Gasteiger partial charge in [-0.1, -0.05) is 96.0 Å². The molecule has 1 saturated heterocycles. The third kappa shape index (κ3) is 5.24. The van der Waals surface area contributed by atoms with Crippen LogP contribution in [0.3, 0.4) is 0 Å². The Bertz CT molecular complexity index is 1170. The summed E-state index contributed by atoms with van der Waals surface area (Å²) in [6, 6.07) is 27.2. The van der Waals surface area contributed by atoms with Gasteiger partial charge in [0.1, 0.15) is 5.75 Å². The van der Waals surface area contributed by atoms with Gasteiger partial charge in [-0.25, -0.2) is 0 Å². The SMILES string of the molecule is Cc1ccc(C2=C(Cl)/C(=C\CN3CCOCC3)C(c3ccccc3)c3ccccc3O2)cc1.Cl. The van der Waals surface area contributed by atoms with E-state index in [1.165, 1.54) is 11.1 Å². The fraction of sp³-hybridized carbons (Fsp3) is 0.241. The first kappa shape index (κ1) is 24.6. The summed E-state index contributed by atoms with van der Waals surface area (Å²) in [7, 11) is 0. The number of hydrogen-bond acceptors (Lipinski definition) is 3. The van der Waals surface area contributed by atoms with Crippen molar-refractivity contribution in [1.82, 2.24) is 4.90 Å². The van der Waals surface area contributed by atoms with Crippen molar-refractivity contribution in [3.63, 3.8) is 0 Å². The monoisotopic (exact) mass is 493 g/mol. The van der Waals surface area contributed by atoms with E-state index < -0.39 is 0 Å². The maximum Gasteiger partial charge on any atom is 0.153 e. The van der Waals surface area contributed by atoms with Crippen LogP contribution < -0.4 is 4.74 Å². The molecule has 2 aliphatic rings. The Morgan fingerprint density at radius 1 is 0.912 bits per heavy atom. The molecule has 0 N–H and O–H groups in total.